The van der Waals surface area contributed by atoms with Crippen molar-refractivity contribution < 1.29 is 5.21 Å². The smallest absolute Gasteiger partial charge is 0.0767 e. The highest BCUT2D eigenvalue weighted by molar-refractivity contribution is 5.79. The van der Waals surface area contributed by atoms with Gasteiger partial charge in [0.05, 0.1) is 12.4 Å². The van der Waals surface area contributed by atoms with Crippen LogP contribution < -0.4 is 0 Å². The lowest BCUT2D eigenvalue weighted by Gasteiger charge is -1.81. The summed E-state index contributed by atoms with van der Waals surface area (Å²) >= 11 is 0. The summed E-state index contributed by atoms with van der Waals surface area (Å²) in [6.07, 6.45) is 2.92. The first-order valence-electron chi connectivity index (χ1n) is 2.52. The Labute approximate surface area is 52.2 Å². The van der Waals surface area contributed by atoms with E-state index in [-0.39, 0.29) is 0 Å². The summed E-state index contributed by atoms with van der Waals surface area (Å²) in [5, 5.41) is 17.4. The van der Waals surface area contributed by atoms with Crippen molar-refractivity contribution in [1.82, 2.24) is 10.2 Å². The quantitative estimate of drug-likeness (QED) is 0.326. The highest BCUT2D eigenvalue weighted by Crippen LogP contribution is 1.96. The third-order valence-corrected chi connectivity index (χ3v) is 1.07. The highest BCUT2D eigenvalue weighted by atomic mass is 16.4. The molecule has 0 amide bonds. The fourth-order valence-electron chi connectivity index (χ4n) is 0.552. The molecule has 4 heteroatoms. The number of aryl methyl sites for hydroxylation is 1. The van der Waals surface area contributed by atoms with Crippen molar-refractivity contribution in [2.24, 2.45) is 5.16 Å². The highest BCUT2D eigenvalue weighted by Gasteiger charge is 1.93. The molecule has 0 unspecified atom stereocenters. The van der Waals surface area contributed by atoms with E-state index in [1.807, 2.05) is 6.92 Å². The number of hydrogen-bond donors (Lipinski definition) is 2. The van der Waals surface area contributed by atoms with E-state index in [2.05, 4.69) is 15.4 Å². The van der Waals surface area contributed by atoms with Gasteiger partial charge in [-0.3, -0.25) is 5.10 Å². The molecule has 0 fully saturated rings. The first kappa shape index (κ1) is 5.81. The van der Waals surface area contributed by atoms with Gasteiger partial charge in [0.2, 0.25) is 0 Å². The zero-order valence-electron chi connectivity index (χ0n) is 5.00. The van der Waals surface area contributed by atoms with Crippen LogP contribution in [-0.2, 0) is 0 Å². The maximum atomic E-state index is 8.09. The first-order valence-corrected chi connectivity index (χ1v) is 2.52. The Morgan fingerprint density at radius 2 is 2.67 bits per heavy atom. The monoisotopic (exact) mass is 125 g/mol. The van der Waals surface area contributed by atoms with Crippen LogP contribution in [0.3, 0.4) is 0 Å². The minimum absolute atomic E-state index is 0.803. The zero-order valence-corrected chi connectivity index (χ0v) is 5.00. The Kier molecular flexibility index (Phi) is 1.48. The summed E-state index contributed by atoms with van der Waals surface area (Å²) in [6, 6.07) is 0. The van der Waals surface area contributed by atoms with E-state index in [9.17, 15) is 0 Å². The van der Waals surface area contributed by atoms with Crippen molar-refractivity contribution in [1.29, 1.82) is 0 Å². The molecule has 0 saturated carbocycles. The molecule has 0 aromatic carbocycles. The summed E-state index contributed by atoms with van der Waals surface area (Å²) in [7, 11) is 0. The third-order valence-electron chi connectivity index (χ3n) is 1.07. The van der Waals surface area contributed by atoms with Crippen molar-refractivity contribution in [3.05, 3.63) is 17.5 Å². The predicted octanol–water partition coefficient (Wildman–Crippen LogP) is 0.526. The van der Waals surface area contributed by atoms with Crippen LogP contribution in [0.1, 0.15) is 11.3 Å². The summed E-state index contributed by atoms with van der Waals surface area (Å²) < 4.78 is 0. The van der Waals surface area contributed by atoms with E-state index in [4.69, 9.17) is 5.21 Å². The number of hydrogen-bond acceptors (Lipinski definition) is 3. The van der Waals surface area contributed by atoms with Gasteiger partial charge in [-0.15, -0.1) is 0 Å². The summed E-state index contributed by atoms with van der Waals surface area (Å²) in [5.41, 5.74) is 1.70. The second kappa shape index (κ2) is 2.30. The summed E-state index contributed by atoms with van der Waals surface area (Å²) in [5.74, 6) is 0. The van der Waals surface area contributed by atoms with Crippen LogP contribution in [0.15, 0.2) is 11.4 Å². The molecule has 1 rings (SSSR count). The molecule has 0 aliphatic heterocycles. The lowest BCUT2D eigenvalue weighted by molar-refractivity contribution is 0.322. The Balaban J connectivity index is 2.94. The minimum atomic E-state index is 0.803. The molecular formula is C5H7N3O. The van der Waals surface area contributed by atoms with E-state index in [0.29, 0.717) is 0 Å². The van der Waals surface area contributed by atoms with E-state index in [0.717, 1.165) is 11.3 Å². The second-order valence-corrected chi connectivity index (χ2v) is 1.69. The number of aromatic nitrogens is 2. The van der Waals surface area contributed by atoms with Crippen LogP contribution in [0.2, 0.25) is 0 Å². The Hall–Kier alpha value is -1.32. The molecule has 0 spiro atoms. The average molecular weight is 125 g/mol. The predicted molar refractivity (Wildman–Crippen MR) is 32.7 cm³/mol. The van der Waals surface area contributed by atoms with Crippen LogP contribution in [0, 0.1) is 6.92 Å². The molecular weight excluding hydrogens is 118 g/mol. The fourth-order valence-corrected chi connectivity index (χ4v) is 0.552. The fraction of sp³-hybridized carbons (Fsp3) is 0.200. The molecule has 1 heterocycles. The van der Waals surface area contributed by atoms with Crippen molar-refractivity contribution in [3.63, 3.8) is 0 Å². The number of nitrogens with one attached hydrogen (secondary N) is 1. The number of nitrogens with zero attached hydrogens (tertiary/aromatic N) is 2. The molecule has 0 bridgehead atoms. The minimum Gasteiger partial charge on any atom is -0.411 e. The molecule has 4 nitrogen and oxygen atoms in total. The van der Waals surface area contributed by atoms with Gasteiger partial charge in [-0.2, -0.15) is 5.10 Å². The zero-order chi connectivity index (χ0) is 6.69. The summed E-state index contributed by atoms with van der Waals surface area (Å²) in [4.78, 5) is 0. The molecule has 0 radical (unpaired) electrons. The Morgan fingerprint density at radius 1 is 1.89 bits per heavy atom. The van der Waals surface area contributed by atoms with E-state index in [1.165, 1.54) is 6.21 Å². The van der Waals surface area contributed by atoms with E-state index in [1.54, 1.807) is 6.20 Å². The van der Waals surface area contributed by atoms with Gasteiger partial charge >= 0.3 is 0 Å². The lowest BCUT2D eigenvalue weighted by atomic mass is 10.3. The normalized spacial score (nSPS) is 10.8. The molecule has 0 saturated heterocycles. The molecule has 0 atom stereocenters. The van der Waals surface area contributed by atoms with Crippen LogP contribution >= 0.6 is 0 Å². The third kappa shape index (κ3) is 1.07. The molecule has 1 aromatic heterocycles. The van der Waals surface area contributed by atoms with Crippen molar-refractivity contribution in [2.45, 2.75) is 6.92 Å². The van der Waals surface area contributed by atoms with Crippen molar-refractivity contribution >= 4 is 6.21 Å². The number of rotatable bonds is 1. The molecule has 9 heavy (non-hydrogen) atoms. The number of oxime groups is 1. The van der Waals surface area contributed by atoms with Crippen LogP contribution in [0.5, 0.6) is 0 Å². The maximum Gasteiger partial charge on any atom is 0.0767 e. The SMILES string of the molecule is Cc1[nH]ncc1/C=N\O. The first-order chi connectivity index (χ1) is 4.34. The number of H-pyrrole nitrogens is 1. The largest absolute Gasteiger partial charge is 0.411 e. The van der Waals surface area contributed by atoms with Crippen LogP contribution in [0.4, 0.5) is 0 Å². The van der Waals surface area contributed by atoms with Crippen molar-refractivity contribution in [3.8, 4) is 0 Å². The summed E-state index contributed by atoms with van der Waals surface area (Å²) in [6.45, 7) is 1.85. The average Bonchev–Trinajstić information content (AvgIpc) is 2.18. The maximum absolute atomic E-state index is 8.09. The van der Waals surface area contributed by atoms with Crippen LogP contribution in [-0.4, -0.2) is 21.6 Å². The standard InChI is InChI=1S/C5H7N3O/c1-4-5(3-7-9)2-6-8-4/h2-3,9H,1H3,(H,6,8)/b7-3-. The molecule has 0 aliphatic rings. The molecule has 2 N–H and O–H groups in total. The second-order valence-electron chi connectivity index (χ2n) is 1.69. The van der Waals surface area contributed by atoms with Gasteiger partial charge in [0.25, 0.3) is 0 Å². The lowest BCUT2D eigenvalue weighted by Crippen LogP contribution is -1.79. The van der Waals surface area contributed by atoms with Gasteiger partial charge in [0.1, 0.15) is 0 Å². The topological polar surface area (TPSA) is 61.3 Å². The van der Waals surface area contributed by atoms with Gasteiger partial charge < -0.3 is 5.21 Å². The Morgan fingerprint density at radius 3 is 3.11 bits per heavy atom. The molecule has 1 aromatic rings. The Bertz CT molecular complexity index is 216. The van der Waals surface area contributed by atoms with Gasteiger partial charge in [0.15, 0.2) is 0 Å². The van der Waals surface area contributed by atoms with Gasteiger partial charge in [-0.1, -0.05) is 5.16 Å². The molecule has 0 aliphatic carbocycles. The van der Waals surface area contributed by atoms with Gasteiger partial charge in [-0.05, 0) is 6.92 Å². The van der Waals surface area contributed by atoms with E-state index < -0.39 is 0 Å². The van der Waals surface area contributed by atoms with Gasteiger partial charge in [0, 0.05) is 11.3 Å². The number of aromatic amines is 1. The van der Waals surface area contributed by atoms with Crippen LogP contribution in [0.25, 0.3) is 0 Å². The van der Waals surface area contributed by atoms with Gasteiger partial charge in [-0.25, -0.2) is 0 Å². The van der Waals surface area contributed by atoms with E-state index >= 15 is 0 Å². The van der Waals surface area contributed by atoms with Crippen molar-refractivity contribution in [2.75, 3.05) is 0 Å². The molecule has 48 valence electrons.